The van der Waals surface area contributed by atoms with E-state index in [1.807, 2.05) is 24.3 Å². The van der Waals surface area contributed by atoms with E-state index in [1.54, 1.807) is 0 Å². The predicted octanol–water partition coefficient (Wildman–Crippen LogP) is 4.80. The van der Waals surface area contributed by atoms with Crippen molar-refractivity contribution in [2.75, 3.05) is 7.05 Å². The van der Waals surface area contributed by atoms with Crippen molar-refractivity contribution in [3.8, 4) is 6.07 Å². The first-order valence-corrected chi connectivity index (χ1v) is 9.92. The third-order valence-corrected chi connectivity index (χ3v) is 6.62. The minimum Gasteiger partial charge on any atom is -0.365 e. The summed E-state index contributed by atoms with van der Waals surface area (Å²) in [5.74, 6) is 0. The molecule has 5 rings (SSSR count). The van der Waals surface area contributed by atoms with Crippen LogP contribution < -0.4 is 0 Å². The van der Waals surface area contributed by atoms with E-state index in [0.717, 1.165) is 29.5 Å². The van der Waals surface area contributed by atoms with Gasteiger partial charge in [0.15, 0.2) is 0 Å². The number of allylic oxidation sites excluding steroid dienone is 1. The van der Waals surface area contributed by atoms with E-state index in [2.05, 4.69) is 48.3 Å². The SMILES string of the molecule is CN1[C@H]2CC[C@H]1CC(O[C@@H]1c3ccccc3C=C(C#N)c3ccccc31)C2. The summed E-state index contributed by atoms with van der Waals surface area (Å²) in [6.45, 7) is 0. The van der Waals surface area contributed by atoms with Gasteiger partial charge in [0.05, 0.1) is 17.7 Å². The lowest BCUT2D eigenvalue weighted by Gasteiger charge is -2.38. The number of benzene rings is 2. The monoisotopic (exact) mass is 356 g/mol. The molecule has 3 aliphatic rings. The van der Waals surface area contributed by atoms with Crippen molar-refractivity contribution in [1.29, 1.82) is 5.26 Å². The summed E-state index contributed by atoms with van der Waals surface area (Å²) in [5, 5.41) is 9.74. The molecule has 2 bridgehead atoms. The van der Waals surface area contributed by atoms with Gasteiger partial charge in [-0.3, -0.25) is 0 Å². The van der Waals surface area contributed by atoms with Crippen LogP contribution in [0.4, 0.5) is 0 Å². The highest BCUT2D eigenvalue weighted by molar-refractivity contribution is 5.92. The Morgan fingerprint density at radius 1 is 0.963 bits per heavy atom. The number of nitrogens with zero attached hydrogens (tertiary/aromatic N) is 2. The molecule has 136 valence electrons. The molecule has 2 aromatic rings. The predicted molar refractivity (Wildman–Crippen MR) is 107 cm³/mol. The quantitative estimate of drug-likeness (QED) is 0.776. The van der Waals surface area contributed by atoms with Crippen molar-refractivity contribution in [1.82, 2.24) is 4.90 Å². The number of hydrogen-bond donors (Lipinski definition) is 0. The average molecular weight is 356 g/mol. The van der Waals surface area contributed by atoms with Crippen LogP contribution in [0.5, 0.6) is 0 Å². The molecule has 3 atom stereocenters. The van der Waals surface area contributed by atoms with E-state index in [1.165, 1.54) is 18.4 Å². The van der Waals surface area contributed by atoms with Gasteiger partial charge in [-0.05, 0) is 61.1 Å². The van der Waals surface area contributed by atoms with Gasteiger partial charge in [0.25, 0.3) is 0 Å². The Hall–Kier alpha value is -2.41. The van der Waals surface area contributed by atoms with Crippen LogP contribution in [0.1, 0.15) is 54.0 Å². The van der Waals surface area contributed by atoms with E-state index in [4.69, 9.17) is 4.74 Å². The Morgan fingerprint density at radius 3 is 2.37 bits per heavy atom. The zero-order chi connectivity index (χ0) is 18.4. The van der Waals surface area contributed by atoms with Gasteiger partial charge in [0.1, 0.15) is 6.10 Å². The third kappa shape index (κ3) is 2.81. The molecule has 0 N–H and O–H groups in total. The van der Waals surface area contributed by atoms with E-state index in [-0.39, 0.29) is 12.2 Å². The van der Waals surface area contributed by atoms with Crippen molar-refractivity contribution in [3.05, 3.63) is 70.8 Å². The zero-order valence-electron chi connectivity index (χ0n) is 15.6. The molecule has 2 fully saturated rings. The van der Waals surface area contributed by atoms with Crippen LogP contribution in [-0.2, 0) is 4.74 Å². The lowest BCUT2D eigenvalue weighted by Crippen LogP contribution is -2.43. The first kappa shape index (κ1) is 16.7. The lowest BCUT2D eigenvalue weighted by atomic mass is 9.94. The molecule has 0 saturated carbocycles. The van der Waals surface area contributed by atoms with Crippen molar-refractivity contribution < 1.29 is 4.74 Å². The van der Waals surface area contributed by atoms with E-state index < -0.39 is 0 Å². The molecule has 0 radical (unpaired) electrons. The molecule has 27 heavy (non-hydrogen) atoms. The zero-order valence-corrected chi connectivity index (χ0v) is 15.6. The first-order valence-electron chi connectivity index (χ1n) is 9.92. The molecule has 2 aliphatic heterocycles. The van der Waals surface area contributed by atoms with Gasteiger partial charge < -0.3 is 9.64 Å². The molecule has 0 aromatic heterocycles. The van der Waals surface area contributed by atoms with Gasteiger partial charge in [0, 0.05) is 12.1 Å². The second-order valence-electron chi connectivity index (χ2n) is 8.05. The maximum absolute atomic E-state index is 9.74. The maximum Gasteiger partial charge on any atom is 0.109 e. The molecule has 3 heteroatoms. The van der Waals surface area contributed by atoms with Crippen molar-refractivity contribution in [3.63, 3.8) is 0 Å². The van der Waals surface area contributed by atoms with Gasteiger partial charge in [-0.25, -0.2) is 0 Å². The van der Waals surface area contributed by atoms with Gasteiger partial charge >= 0.3 is 0 Å². The lowest BCUT2D eigenvalue weighted by molar-refractivity contribution is -0.0427. The van der Waals surface area contributed by atoms with Crippen LogP contribution in [0.3, 0.4) is 0 Å². The molecule has 2 heterocycles. The minimum absolute atomic E-state index is 0.118. The smallest absolute Gasteiger partial charge is 0.109 e. The standard InChI is InChI=1S/C24H24N2O/c1-26-18-10-11-19(26)14-20(13-18)27-24-22-8-3-2-6-16(22)12-17(15-25)21-7-4-5-9-23(21)24/h2-9,12,18-20,24H,10-11,13-14H2,1H3/t18-,19-,24+/m0/s1. The third-order valence-electron chi connectivity index (χ3n) is 6.62. The Kier molecular flexibility index (Phi) is 4.11. The highest BCUT2D eigenvalue weighted by Gasteiger charge is 2.40. The highest BCUT2D eigenvalue weighted by atomic mass is 16.5. The molecular formula is C24H24N2O. The second-order valence-corrected chi connectivity index (χ2v) is 8.05. The van der Waals surface area contributed by atoms with Crippen molar-refractivity contribution in [2.24, 2.45) is 0 Å². The summed E-state index contributed by atoms with van der Waals surface area (Å²) >= 11 is 0. The largest absolute Gasteiger partial charge is 0.365 e. The number of hydrogen-bond acceptors (Lipinski definition) is 3. The second kappa shape index (κ2) is 6.64. The Bertz CT molecular complexity index is 927. The minimum atomic E-state index is -0.118. The molecular weight excluding hydrogens is 332 g/mol. The fourth-order valence-corrected chi connectivity index (χ4v) is 5.16. The van der Waals surface area contributed by atoms with E-state index in [0.29, 0.717) is 17.7 Å². The number of piperidine rings is 1. The number of fused-ring (bicyclic) bond motifs is 4. The van der Waals surface area contributed by atoms with Crippen molar-refractivity contribution in [2.45, 2.75) is 50.0 Å². The van der Waals surface area contributed by atoms with Crippen LogP contribution >= 0.6 is 0 Å². The molecule has 1 aliphatic carbocycles. The summed E-state index contributed by atoms with van der Waals surface area (Å²) in [7, 11) is 2.26. The summed E-state index contributed by atoms with van der Waals surface area (Å²) in [6.07, 6.45) is 6.95. The Labute approximate surface area is 160 Å². The summed E-state index contributed by atoms with van der Waals surface area (Å²) in [6, 6.07) is 20.3. The van der Waals surface area contributed by atoms with E-state index >= 15 is 0 Å². The average Bonchev–Trinajstić information content (AvgIpc) is 2.88. The van der Waals surface area contributed by atoms with Crippen LogP contribution in [0, 0.1) is 11.3 Å². The van der Waals surface area contributed by atoms with Crippen LogP contribution in [0.15, 0.2) is 48.5 Å². The van der Waals surface area contributed by atoms with Crippen LogP contribution in [0.25, 0.3) is 11.6 Å². The Morgan fingerprint density at radius 2 is 1.63 bits per heavy atom. The molecule has 3 nitrogen and oxygen atoms in total. The van der Waals surface area contributed by atoms with Gasteiger partial charge in [0.2, 0.25) is 0 Å². The topological polar surface area (TPSA) is 36.3 Å². The van der Waals surface area contributed by atoms with Crippen LogP contribution in [0.2, 0.25) is 0 Å². The molecule has 0 spiro atoms. The van der Waals surface area contributed by atoms with Gasteiger partial charge in [-0.1, -0.05) is 48.5 Å². The molecule has 0 amide bonds. The highest BCUT2D eigenvalue weighted by Crippen LogP contribution is 2.42. The van der Waals surface area contributed by atoms with Crippen LogP contribution in [-0.4, -0.2) is 30.1 Å². The molecule has 0 unspecified atom stereocenters. The first-order chi connectivity index (χ1) is 13.2. The number of ether oxygens (including phenoxy) is 1. The van der Waals surface area contributed by atoms with E-state index in [9.17, 15) is 5.26 Å². The summed E-state index contributed by atoms with van der Waals surface area (Å²) < 4.78 is 6.82. The normalized spacial score (nSPS) is 29.3. The van der Waals surface area contributed by atoms with Gasteiger partial charge in [-0.2, -0.15) is 5.26 Å². The summed E-state index contributed by atoms with van der Waals surface area (Å²) in [4.78, 5) is 2.55. The fraction of sp³-hybridized carbons (Fsp3) is 0.375. The molecule has 2 aromatic carbocycles. The van der Waals surface area contributed by atoms with Crippen molar-refractivity contribution >= 4 is 11.6 Å². The number of nitriles is 1. The molecule has 2 saturated heterocycles. The van der Waals surface area contributed by atoms with Gasteiger partial charge in [-0.15, -0.1) is 0 Å². The fourth-order valence-electron chi connectivity index (χ4n) is 5.16. The summed E-state index contributed by atoms with van der Waals surface area (Å²) in [5.41, 5.74) is 5.08. The number of rotatable bonds is 2. The maximum atomic E-state index is 9.74. The Balaban J connectivity index is 1.56.